The summed E-state index contributed by atoms with van der Waals surface area (Å²) in [5.74, 6) is 1.07. The molecule has 0 bridgehead atoms. The summed E-state index contributed by atoms with van der Waals surface area (Å²) in [6, 6.07) is 13.5. The summed E-state index contributed by atoms with van der Waals surface area (Å²) in [6.45, 7) is 3.64. The number of hydrogen-bond donors (Lipinski definition) is 0. The molecule has 0 radical (unpaired) electrons. The summed E-state index contributed by atoms with van der Waals surface area (Å²) < 4.78 is 5.13. The normalized spacial score (nSPS) is 24.0. The summed E-state index contributed by atoms with van der Waals surface area (Å²) in [7, 11) is 1.54. The lowest BCUT2D eigenvalue weighted by molar-refractivity contribution is -0.130. The quantitative estimate of drug-likeness (QED) is 0.838. The van der Waals surface area contributed by atoms with Gasteiger partial charge in [-0.25, -0.2) is 4.98 Å². The number of fused-ring (bicyclic) bond motifs is 1. The summed E-state index contributed by atoms with van der Waals surface area (Å²) in [4.78, 5) is 33.1. The van der Waals surface area contributed by atoms with Gasteiger partial charge in [-0.1, -0.05) is 30.3 Å². The Hall–Kier alpha value is -2.89. The molecule has 0 unspecified atom stereocenters. The first-order chi connectivity index (χ1) is 13.1. The molecule has 2 aliphatic heterocycles. The Morgan fingerprint density at radius 3 is 2.59 bits per heavy atom. The molecule has 2 saturated heterocycles. The Morgan fingerprint density at radius 1 is 1.11 bits per heavy atom. The van der Waals surface area contributed by atoms with Crippen LogP contribution in [0.5, 0.6) is 5.88 Å². The predicted molar refractivity (Wildman–Crippen MR) is 100 cm³/mol. The van der Waals surface area contributed by atoms with Crippen LogP contribution in [0, 0.1) is 11.8 Å². The molecule has 2 amide bonds. The van der Waals surface area contributed by atoms with Gasteiger partial charge in [0.1, 0.15) is 0 Å². The minimum absolute atomic E-state index is 0.00807. The van der Waals surface area contributed by atoms with Gasteiger partial charge in [0, 0.05) is 56.2 Å². The number of pyridine rings is 1. The molecular formula is C21H23N3O3. The lowest BCUT2D eigenvalue weighted by Gasteiger charge is -2.29. The van der Waals surface area contributed by atoms with Crippen LogP contribution in [0.4, 0.5) is 0 Å². The van der Waals surface area contributed by atoms with Crippen molar-refractivity contribution in [1.82, 2.24) is 14.8 Å². The second kappa shape index (κ2) is 7.02. The molecule has 3 heterocycles. The van der Waals surface area contributed by atoms with Crippen LogP contribution >= 0.6 is 0 Å². The minimum atomic E-state index is -0.00807. The molecule has 3 atom stereocenters. The topological polar surface area (TPSA) is 62.7 Å². The number of amides is 2. The highest BCUT2D eigenvalue weighted by Crippen LogP contribution is 2.45. The first-order valence-corrected chi connectivity index (χ1v) is 9.20. The van der Waals surface area contributed by atoms with Crippen LogP contribution in [-0.4, -0.2) is 53.3 Å². The van der Waals surface area contributed by atoms with Gasteiger partial charge >= 0.3 is 0 Å². The molecule has 2 fully saturated rings. The Morgan fingerprint density at radius 2 is 1.89 bits per heavy atom. The molecule has 0 N–H and O–H groups in total. The molecule has 0 saturated carbocycles. The van der Waals surface area contributed by atoms with Crippen LogP contribution in [0.15, 0.2) is 48.7 Å². The smallest absolute Gasteiger partial charge is 0.254 e. The summed E-state index contributed by atoms with van der Waals surface area (Å²) >= 11 is 0. The number of carbonyl (C=O) groups is 2. The van der Waals surface area contributed by atoms with Gasteiger partial charge in [-0.05, 0) is 11.6 Å². The van der Waals surface area contributed by atoms with Gasteiger partial charge in [0.25, 0.3) is 5.91 Å². The van der Waals surface area contributed by atoms with Crippen molar-refractivity contribution in [2.45, 2.75) is 13.0 Å². The first-order valence-electron chi connectivity index (χ1n) is 9.20. The molecule has 6 heteroatoms. The highest BCUT2D eigenvalue weighted by molar-refractivity contribution is 5.94. The Bertz CT molecular complexity index is 855. The second-order valence-corrected chi connectivity index (χ2v) is 7.25. The van der Waals surface area contributed by atoms with E-state index in [1.165, 1.54) is 7.11 Å². The van der Waals surface area contributed by atoms with Gasteiger partial charge in [0.15, 0.2) is 0 Å². The van der Waals surface area contributed by atoms with E-state index in [1.807, 2.05) is 28.0 Å². The van der Waals surface area contributed by atoms with E-state index in [-0.39, 0.29) is 23.8 Å². The van der Waals surface area contributed by atoms with Crippen molar-refractivity contribution in [3.8, 4) is 5.88 Å². The minimum Gasteiger partial charge on any atom is -0.481 e. The predicted octanol–water partition coefficient (Wildman–Crippen LogP) is 2.38. The Kier molecular flexibility index (Phi) is 4.56. The summed E-state index contributed by atoms with van der Waals surface area (Å²) in [5.41, 5.74) is 1.72. The second-order valence-electron chi connectivity index (χ2n) is 7.25. The van der Waals surface area contributed by atoms with Gasteiger partial charge in [-0.3, -0.25) is 9.59 Å². The van der Waals surface area contributed by atoms with E-state index >= 15 is 0 Å². The molecule has 140 valence electrons. The number of rotatable bonds is 3. The number of aromatic nitrogens is 1. The molecule has 0 aliphatic carbocycles. The van der Waals surface area contributed by atoms with E-state index in [0.29, 0.717) is 37.0 Å². The zero-order valence-electron chi connectivity index (χ0n) is 15.5. The van der Waals surface area contributed by atoms with Crippen LogP contribution in [0.25, 0.3) is 0 Å². The van der Waals surface area contributed by atoms with Crippen LogP contribution in [0.2, 0.25) is 0 Å². The standard InChI is InChI=1S/C21H23N3O3/c1-14(25)24-12-17-11-23(21(26)16-8-9-22-19(10-16)27-2)13-18(17)20(24)15-6-4-3-5-7-15/h3-10,17-18,20H,11-13H2,1-2H3/t17-,18-,20+/m1/s1. The average Bonchev–Trinajstić information content (AvgIpc) is 3.26. The van der Waals surface area contributed by atoms with E-state index in [4.69, 9.17) is 4.74 Å². The van der Waals surface area contributed by atoms with E-state index in [1.54, 1.807) is 25.3 Å². The molecule has 0 spiro atoms. The number of methoxy groups -OCH3 is 1. The highest BCUT2D eigenvalue weighted by Gasteiger charge is 2.49. The molecule has 27 heavy (non-hydrogen) atoms. The molecule has 2 aliphatic rings. The third-order valence-electron chi connectivity index (χ3n) is 5.69. The number of benzene rings is 1. The van der Waals surface area contributed by atoms with Gasteiger partial charge in [-0.15, -0.1) is 0 Å². The highest BCUT2D eigenvalue weighted by atomic mass is 16.5. The molecule has 1 aromatic heterocycles. The van der Waals surface area contributed by atoms with Crippen LogP contribution in [0.3, 0.4) is 0 Å². The fourth-order valence-corrected chi connectivity index (χ4v) is 4.45. The SMILES string of the molecule is COc1cc(C(=O)N2C[C@@H]3CN(C(C)=O)[C@@H](c4ccccc4)[C@@H]3C2)ccn1. The summed E-state index contributed by atoms with van der Waals surface area (Å²) in [6.07, 6.45) is 1.59. The fourth-order valence-electron chi connectivity index (χ4n) is 4.45. The van der Waals surface area contributed by atoms with Gasteiger partial charge in [-0.2, -0.15) is 0 Å². The van der Waals surface area contributed by atoms with Crippen LogP contribution in [-0.2, 0) is 4.79 Å². The lowest BCUT2D eigenvalue weighted by Crippen LogP contribution is -2.36. The van der Waals surface area contributed by atoms with Crippen molar-refractivity contribution in [2.24, 2.45) is 11.8 Å². The molecule has 6 nitrogen and oxygen atoms in total. The molecule has 4 rings (SSSR count). The fraction of sp³-hybridized carbons (Fsp3) is 0.381. The molecule has 1 aromatic carbocycles. The largest absolute Gasteiger partial charge is 0.481 e. The van der Waals surface area contributed by atoms with Crippen LogP contribution < -0.4 is 4.74 Å². The van der Waals surface area contributed by atoms with Gasteiger partial charge in [0.05, 0.1) is 13.2 Å². The van der Waals surface area contributed by atoms with E-state index in [0.717, 1.165) is 5.56 Å². The zero-order valence-corrected chi connectivity index (χ0v) is 15.5. The van der Waals surface area contributed by atoms with Crippen molar-refractivity contribution >= 4 is 11.8 Å². The third-order valence-corrected chi connectivity index (χ3v) is 5.69. The number of nitrogens with zero attached hydrogens (tertiary/aromatic N) is 3. The first kappa shape index (κ1) is 17.5. The number of carbonyl (C=O) groups excluding carboxylic acids is 2. The third kappa shape index (κ3) is 3.16. The monoisotopic (exact) mass is 365 g/mol. The maximum Gasteiger partial charge on any atom is 0.254 e. The number of hydrogen-bond acceptors (Lipinski definition) is 4. The van der Waals surface area contributed by atoms with Crippen molar-refractivity contribution in [1.29, 1.82) is 0 Å². The average molecular weight is 365 g/mol. The Labute approximate surface area is 158 Å². The van der Waals surface area contributed by atoms with E-state index < -0.39 is 0 Å². The molecule has 2 aromatic rings. The van der Waals surface area contributed by atoms with Crippen molar-refractivity contribution in [3.05, 3.63) is 59.8 Å². The van der Waals surface area contributed by atoms with Gasteiger partial charge in [0.2, 0.25) is 11.8 Å². The Balaban J connectivity index is 1.57. The lowest BCUT2D eigenvalue weighted by atomic mass is 9.89. The zero-order chi connectivity index (χ0) is 19.0. The van der Waals surface area contributed by atoms with Crippen molar-refractivity contribution in [3.63, 3.8) is 0 Å². The number of ether oxygens (including phenoxy) is 1. The maximum atomic E-state index is 13.0. The van der Waals surface area contributed by atoms with Crippen LogP contribution in [0.1, 0.15) is 28.9 Å². The van der Waals surface area contributed by atoms with E-state index in [9.17, 15) is 9.59 Å². The summed E-state index contributed by atoms with van der Waals surface area (Å²) in [5, 5.41) is 0. The van der Waals surface area contributed by atoms with Crippen molar-refractivity contribution < 1.29 is 14.3 Å². The molecular weight excluding hydrogens is 342 g/mol. The van der Waals surface area contributed by atoms with Crippen molar-refractivity contribution in [2.75, 3.05) is 26.7 Å². The number of likely N-dealkylation sites (tertiary alicyclic amines) is 2. The maximum absolute atomic E-state index is 13.0. The van der Waals surface area contributed by atoms with Gasteiger partial charge < -0.3 is 14.5 Å². The van der Waals surface area contributed by atoms with E-state index in [2.05, 4.69) is 17.1 Å².